The molecule has 3 nitrogen and oxygen atoms in total. The fraction of sp³-hybridized carbons (Fsp3) is 0.273. The van der Waals surface area contributed by atoms with Gasteiger partial charge in [-0.2, -0.15) is 13.2 Å². The molecule has 6 heteroatoms. The number of carbonyl (C=O) groups excluding carboxylic acids is 2. The number of rotatable bonds is 3. The number of amides is 1. The van der Waals surface area contributed by atoms with Crippen LogP contribution in [0.25, 0.3) is 0 Å². The van der Waals surface area contributed by atoms with E-state index in [1.54, 1.807) is 18.2 Å². The third-order valence-electron chi connectivity index (χ3n) is 2.06. The number of halogens is 3. The van der Waals surface area contributed by atoms with Crippen LogP contribution in [0.5, 0.6) is 0 Å². The number of Topliss-reactive ketones (excluding diaryl/α,β-unsaturated/α-hetero) is 1. The Labute approximate surface area is 95.6 Å². The van der Waals surface area contributed by atoms with Gasteiger partial charge in [0.05, 0.1) is 6.04 Å². The molecule has 0 aromatic heterocycles. The van der Waals surface area contributed by atoms with Gasteiger partial charge in [-0.15, -0.1) is 0 Å². The Morgan fingerprint density at radius 2 is 1.71 bits per heavy atom. The molecule has 1 N–H and O–H groups in total. The number of benzene rings is 1. The molecule has 1 unspecified atom stereocenters. The Kier molecular flexibility index (Phi) is 3.88. The summed E-state index contributed by atoms with van der Waals surface area (Å²) < 4.78 is 36.2. The summed E-state index contributed by atoms with van der Waals surface area (Å²) in [6, 6.07) is 6.11. The standard InChI is InChI=1S/C11H10F3NO2/c1-7(9(16)11(12,13)14)15-10(17)8-5-3-2-4-6-8/h2-7H,1H3,(H,15,17). The fourth-order valence-corrected chi connectivity index (χ4v) is 1.18. The van der Waals surface area contributed by atoms with Crippen molar-refractivity contribution in [2.75, 3.05) is 0 Å². The van der Waals surface area contributed by atoms with Crippen LogP contribution in [0.2, 0.25) is 0 Å². The van der Waals surface area contributed by atoms with Crippen molar-refractivity contribution in [2.24, 2.45) is 0 Å². The van der Waals surface area contributed by atoms with Crippen LogP contribution in [-0.4, -0.2) is 23.9 Å². The summed E-state index contributed by atoms with van der Waals surface area (Å²) >= 11 is 0. The predicted molar refractivity (Wildman–Crippen MR) is 54.4 cm³/mol. The van der Waals surface area contributed by atoms with Crippen molar-refractivity contribution in [1.82, 2.24) is 5.32 Å². The van der Waals surface area contributed by atoms with Gasteiger partial charge in [0, 0.05) is 5.56 Å². The third-order valence-corrected chi connectivity index (χ3v) is 2.06. The van der Waals surface area contributed by atoms with E-state index >= 15 is 0 Å². The van der Waals surface area contributed by atoms with Crippen LogP contribution in [0, 0.1) is 0 Å². The molecule has 0 fully saturated rings. The monoisotopic (exact) mass is 245 g/mol. The molecule has 0 spiro atoms. The van der Waals surface area contributed by atoms with Crippen LogP contribution in [-0.2, 0) is 4.79 Å². The number of ketones is 1. The first-order chi connectivity index (χ1) is 7.82. The van der Waals surface area contributed by atoms with Gasteiger partial charge in [0.15, 0.2) is 0 Å². The van der Waals surface area contributed by atoms with Crippen molar-refractivity contribution < 1.29 is 22.8 Å². The van der Waals surface area contributed by atoms with Gasteiger partial charge in [-0.05, 0) is 19.1 Å². The molecule has 0 radical (unpaired) electrons. The van der Waals surface area contributed by atoms with E-state index in [0.717, 1.165) is 6.92 Å². The van der Waals surface area contributed by atoms with Crippen molar-refractivity contribution in [3.63, 3.8) is 0 Å². The summed E-state index contributed by atoms with van der Waals surface area (Å²) in [5.41, 5.74) is 0.203. The van der Waals surface area contributed by atoms with Crippen LogP contribution in [0.4, 0.5) is 13.2 Å². The molecule has 0 saturated heterocycles. The Balaban J connectivity index is 2.68. The molecule has 0 saturated carbocycles. The molecule has 0 aliphatic heterocycles. The van der Waals surface area contributed by atoms with Gasteiger partial charge in [-0.3, -0.25) is 9.59 Å². The maximum absolute atomic E-state index is 12.1. The van der Waals surface area contributed by atoms with Gasteiger partial charge in [0.1, 0.15) is 0 Å². The minimum atomic E-state index is -4.94. The lowest BCUT2D eigenvalue weighted by atomic mass is 10.1. The van der Waals surface area contributed by atoms with Crippen molar-refractivity contribution in [3.8, 4) is 0 Å². The van der Waals surface area contributed by atoms with Gasteiger partial charge >= 0.3 is 6.18 Å². The minimum absolute atomic E-state index is 0.203. The van der Waals surface area contributed by atoms with Crippen molar-refractivity contribution >= 4 is 11.7 Å². The Morgan fingerprint density at radius 1 is 1.18 bits per heavy atom. The van der Waals surface area contributed by atoms with Crippen LogP contribution in [0.3, 0.4) is 0 Å². The summed E-state index contributed by atoms with van der Waals surface area (Å²) in [7, 11) is 0. The Morgan fingerprint density at radius 3 is 2.18 bits per heavy atom. The number of nitrogens with one attached hydrogen (secondary N) is 1. The minimum Gasteiger partial charge on any atom is -0.342 e. The highest BCUT2D eigenvalue weighted by Crippen LogP contribution is 2.17. The van der Waals surface area contributed by atoms with Crippen molar-refractivity contribution in [1.29, 1.82) is 0 Å². The maximum Gasteiger partial charge on any atom is 0.452 e. The molecule has 1 rings (SSSR count). The molecule has 0 aliphatic rings. The first-order valence-electron chi connectivity index (χ1n) is 4.79. The van der Waals surface area contributed by atoms with Gasteiger partial charge in [-0.25, -0.2) is 0 Å². The topological polar surface area (TPSA) is 46.2 Å². The molecule has 92 valence electrons. The molecule has 1 amide bonds. The van der Waals surface area contributed by atoms with Crippen molar-refractivity contribution in [2.45, 2.75) is 19.1 Å². The normalized spacial score (nSPS) is 12.9. The van der Waals surface area contributed by atoms with E-state index in [2.05, 4.69) is 0 Å². The molecule has 1 atom stereocenters. The van der Waals surface area contributed by atoms with Gasteiger partial charge in [0.25, 0.3) is 11.7 Å². The number of hydrogen-bond acceptors (Lipinski definition) is 2. The SMILES string of the molecule is CC(NC(=O)c1ccccc1)C(=O)C(F)(F)F. The molecular formula is C11H10F3NO2. The van der Waals surface area contributed by atoms with E-state index in [1.807, 2.05) is 5.32 Å². The molecule has 1 aromatic carbocycles. The lowest BCUT2D eigenvalue weighted by Gasteiger charge is -2.14. The number of alkyl halides is 3. The molecule has 1 aromatic rings. The highest BCUT2D eigenvalue weighted by Gasteiger charge is 2.42. The number of hydrogen-bond donors (Lipinski definition) is 1. The van der Waals surface area contributed by atoms with E-state index in [9.17, 15) is 22.8 Å². The Bertz CT molecular complexity index is 414. The van der Waals surface area contributed by atoms with Crippen LogP contribution >= 0.6 is 0 Å². The molecule has 0 heterocycles. The maximum atomic E-state index is 12.1. The van der Waals surface area contributed by atoms with E-state index in [0.29, 0.717) is 0 Å². The zero-order valence-electron chi connectivity index (χ0n) is 8.91. The van der Waals surface area contributed by atoms with Gasteiger partial charge < -0.3 is 5.32 Å². The van der Waals surface area contributed by atoms with Gasteiger partial charge in [-0.1, -0.05) is 18.2 Å². The summed E-state index contributed by atoms with van der Waals surface area (Å²) in [6.07, 6.45) is -4.94. The van der Waals surface area contributed by atoms with Crippen LogP contribution in [0.15, 0.2) is 30.3 Å². The summed E-state index contributed by atoms with van der Waals surface area (Å²) in [6.45, 7) is 0.997. The summed E-state index contributed by atoms with van der Waals surface area (Å²) in [5, 5.41) is 1.99. The molecular weight excluding hydrogens is 235 g/mol. The first kappa shape index (κ1) is 13.2. The second-order valence-corrected chi connectivity index (χ2v) is 3.42. The van der Waals surface area contributed by atoms with Gasteiger partial charge in [0.2, 0.25) is 0 Å². The average Bonchev–Trinajstić information content (AvgIpc) is 2.27. The lowest BCUT2D eigenvalue weighted by Crippen LogP contribution is -2.44. The highest BCUT2D eigenvalue weighted by atomic mass is 19.4. The summed E-state index contributed by atoms with van der Waals surface area (Å²) in [4.78, 5) is 22.2. The first-order valence-corrected chi connectivity index (χ1v) is 4.79. The van der Waals surface area contributed by atoms with Crippen molar-refractivity contribution in [3.05, 3.63) is 35.9 Å². The third kappa shape index (κ3) is 3.58. The van der Waals surface area contributed by atoms with E-state index in [-0.39, 0.29) is 5.56 Å². The van der Waals surface area contributed by atoms with Crippen LogP contribution in [0.1, 0.15) is 17.3 Å². The molecule has 17 heavy (non-hydrogen) atoms. The zero-order chi connectivity index (χ0) is 13.1. The molecule has 0 aliphatic carbocycles. The number of carbonyl (C=O) groups is 2. The Hall–Kier alpha value is -1.85. The summed E-state index contributed by atoms with van der Waals surface area (Å²) in [5.74, 6) is -2.68. The zero-order valence-corrected chi connectivity index (χ0v) is 8.91. The quantitative estimate of drug-likeness (QED) is 0.884. The average molecular weight is 245 g/mol. The van der Waals surface area contributed by atoms with E-state index in [1.165, 1.54) is 12.1 Å². The largest absolute Gasteiger partial charge is 0.452 e. The molecule has 0 bridgehead atoms. The fourth-order valence-electron chi connectivity index (χ4n) is 1.18. The second kappa shape index (κ2) is 4.99. The highest BCUT2D eigenvalue weighted by molar-refractivity contribution is 5.98. The lowest BCUT2D eigenvalue weighted by molar-refractivity contribution is -0.172. The smallest absolute Gasteiger partial charge is 0.342 e. The predicted octanol–water partition coefficient (Wildman–Crippen LogP) is 1.94. The second-order valence-electron chi connectivity index (χ2n) is 3.42. The van der Waals surface area contributed by atoms with E-state index in [4.69, 9.17) is 0 Å². The van der Waals surface area contributed by atoms with E-state index < -0.39 is 23.9 Å². The van der Waals surface area contributed by atoms with Crippen LogP contribution < -0.4 is 5.32 Å².